The molecule has 0 fully saturated rings. The van der Waals surface area contributed by atoms with Gasteiger partial charge >= 0.3 is 5.97 Å². The molecule has 0 aliphatic heterocycles. The monoisotopic (exact) mass is 365 g/mol. The fraction of sp³-hybridized carbons (Fsp3) is 0.412. The first-order valence-corrected chi connectivity index (χ1v) is 7.99. The van der Waals surface area contributed by atoms with Crippen LogP contribution >= 0.6 is 0 Å². The molecular weight excluding hydrogens is 342 g/mol. The zero-order valence-corrected chi connectivity index (χ0v) is 14.9. The van der Waals surface area contributed by atoms with E-state index in [9.17, 15) is 19.2 Å². The summed E-state index contributed by atoms with van der Waals surface area (Å²) in [5, 5.41) is 2.52. The van der Waals surface area contributed by atoms with Crippen molar-refractivity contribution in [3.63, 3.8) is 0 Å². The Morgan fingerprint density at radius 1 is 0.962 bits per heavy atom. The lowest BCUT2D eigenvalue weighted by Gasteiger charge is -2.20. The number of ether oxygens (including phenoxy) is 2. The van der Waals surface area contributed by atoms with Crippen LogP contribution < -0.4 is 20.9 Å². The Morgan fingerprint density at radius 3 is 2.19 bits per heavy atom. The van der Waals surface area contributed by atoms with Crippen molar-refractivity contribution >= 4 is 23.7 Å². The van der Waals surface area contributed by atoms with Crippen molar-refractivity contribution in [3.05, 3.63) is 30.3 Å². The molecule has 0 unspecified atom stereocenters. The van der Waals surface area contributed by atoms with E-state index in [4.69, 9.17) is 9.47 Å². The van der Waals surface area contributed by atoms with Crippen LogP contribution in [-0.2, 0) is 23.9 Å². The number of carbonyl (C=O) groups is 4. The van der Waals surface area contributed by atoms with E-state index < -0.39 is 36.3 Å². The molecule has 3 N–H and O–H groups in total. The molecular formula is C17H23N3O6. The summed E-state index contributed by atoms with van der Waals surface area (Å²) in [7, 11) is 0. The Bertz CT molecular complexity index is 633. The second-order valence-corrected chi connectivity index (χ2v) is 5.73. The molecule has 0 radical (unpaired) electrons. The van der Waals surface area contributed by atoms with Crippen LogP contribution in [0, 0.1) is 5.92 Å². The molecule has 9 nitrogen and oxygen atoms in total. The summed E-state index contributed by atoms with van der Waals surface area (Å²) < 4.78 is 10.2. The Hall–Kier alpha value is -3.10. The van der Waals surface area contributed by atoms with Gasteiger partial charge in [0.15, 0.2) is 13.2 Å². The predicted molar refractivity (Wildman–Crippen MR) is 91.6 cm³/mol. The molecule has 0 aliphatic carbocycles. The second-order valence-electron chi connectivity index (χ2n) is 5.73. The molecule has 1 rings (SSSR count). The minimum atomic E-state index is -0.935. The molecule has 0 heterocycles. The van der Waals surface area contributed by atoms with Gasteiger partial charge in [0, 0.05) is 6.92 Å². The van der Waals surface area contributed by atoms with Crippen LogP contribution in [0.1, 0.15) is 20.8 Å². The highest BCUT2D eigenvalue weighted by atomic mass is 16.5. The van der Waals surface area contributed by atoms with Crippen LogP contribution in [0.4, 0.5) is 0 Å². The van der Waals surface area contributed by atoms with Crippen LogP contribution in [0.3, 0.4) is 0 Å². The molecule has 142 valence electrons. The van der Waals surface area contributed by atoms with Crippen LogP contribution in [0.5, 0.6) is 5.75 Å². The zero-order valence-electron chi connectivity index (χ0n) is 14.9. The van der Waals surface area contributed by atoms with Gasteiger partial charge in [-0.2, -0.15) is 0 Å². The van der Waals surface area contributed by atoms with Crippen molar-refractivity contribution in [3.8, 4) is 5.75 Å². The van der Waals surface area contributed by atoms with Crippen LogP contribution in [0.25, 0.3) is 0 Å². The highest BCUT2D eigenvalue weighted by Crippen LogP contribution is 2.08. The molecule has 0 aromatic heterocycles. The van der Waals surface area contributed by atoms with Crippen molar-refractivity contribution in [1.82, 2.24) is 16.2 Å². The van der Waals surface area contributed by atoms with Gasteiger partial charge in [-0.3, -0.25) is 25.2 Å². The van der Waals surface area contributed by atoms with Crippen molar-refractivity contribution < 1.29 is 28.7 Å². The maximum atomic E-state index is 12.1. The Labute approximate surface area is 151 Å². The molecule has 26 heavy (non-hydrogen) atoms. The quantitative estimate of drug-likeness (QED) is 0.437. The maximum Gasteiger partial charge on any atom is 0.329 e. The summed E-state index contributed by atoms with van der Waals surface area (Å²) in [6.45, 7) is 3.82. The summed E-state index contributed by atoms with van der Waals surface area (Å²) in [5.74, 6) is -2.15. The number of hydrazine groups is 1. The van der Waals surface area contributed by atoms with Gasteiger partial charge in [-0.05, 0) is 18.1 Å². The molecule has 0 bridgehead atoms. The lowest BCUT2D eigenvalue weighted by atomic mass is 10.0. The molecule has 3 amide bonds. The van der Waals surface area contributed by atoms with E-state index in [0.29, 0.717) is 5.75 Å². The smallest absolute Gasteiger partial charge is 0.329 e. The molecule has 0 spiro atoms. The third kappa shape index (κ3) is 8.13. The fourth-order valence-electron chi connectivity index (χ4n) is 1.80. The van der Waals surface area contributed by atoms with Gasteiger partial charge in [0.25, 0.3) is 11.8 Å². The third-order valence-electron chi connectivity index (χ3n) is 3.07. The van der Waals surface area contributed by atoms with Crippen LogP contribution in [-0.4, -0.2) is 42.9 Å². The van der Waals surface area contributed by atoms with E-state index in [1.165, 1.54) is 6.92 Å². The number of para-hydroxylation sites is 1. The highest BCUT2D eigenvalue weighted by molar-refractivity contribution is 5.87. The SMILES string of the molecule is CC(=O)NNC(=O)COC(=O)[C@@H](NC(=O)COc1ccccc1)C(C)C. The van der Waals surface area contributed by atoms with E-state index in [0.717, 1.165) is 0 Å². The molecule has 9 heteroatoms. The molecule has 0 saturated heterocycles. The zero-order chi connectivity index (χ0) is 19.5. The minimum absolute atomic E-state index is 0.260. The number of carbonyl (C=O) groups excluding carboxylic acids is 4. The normalized spacial score (nSPS) is 11.2. The number of hydrogen-bond donors (Lipinski definition) is 3. The van der Waals surface area contributed by atoms with Gasteiger partial charge in [-0.25, -0.2) is 4.79 Å². The third-order valence-corrected chi connectivity index (χ3v) is 3.07. The standard InChI is InChI=1S/C17H23N3O6/c1-11(2)16(17(24)26-10-15(23)20-19-12(3)21)18-14(22)9-25-13-7-5-4-6-8-13/h4-8,11,16H,9-10H2,1-3H3,(H,18,22)(H,19,21)(H,20,23)/t16-/m0/s1. The summed E-state index contributed by atoms with van der Waals surface area (Å²) in [4.78, 5) is 46.2. The number of hydrogen-bond acceptors (Lipinski definition) is 6. The van der Waals surface area contributed by atoms with E-state index in [1.54, 1.807) is 38.1 Å². The Balaban J connectivity index is 2.45. The average molecular weight is 365 g/mol. The number of amides is 3. The predicted octanol–water partition coefficient (Wildman–Crippen LogP) is -0.0833. The molecule has 1 atom stereocenters. The summed E-state index contributed by atoms with van der Waals surface area (Å²) >= 11 is 0. The van der Waals surface area contributed by atoms with Gasteiger partial charge in [-0.1, -0.05) is 32.0 Å². The molecule has 1 aromatic rings. The first-order valence-electron chi connectivity index (χ1n) is 7.99. The van der Waals surface area contributed by atoms with Crippen LogP contribution in [0.15, 0.2) is 30.3 Å². The number of esters is 1. The summed E-state index contributed by atoms with van der Waals surface area (Å²) in [6.07, 6.45) is 0. The van der Waals surface area contributed by atoms with E-state index in [-0.39, 0.29) is 12.5 Å². The van der Waals surface area contributed by atoms with E-state index >= 15 is 0 Å². The van der Waals surface area contributed by atoms with E-state index in [1.807, 2.05) is 6.07 Å². The Kier molecular flexibility index (Phi) is 8.62. The van der Waals surface area contributed by atoms with Crippen molar-refractivity contribution in [2.75, 3.05) is 13.2 Å². The summed E-state index contributed by atoms with van der Waals surface area (Å²) in [6, 6.07) is 7.83. The van der Waals surface area contributed by atoms with Gasteiger partial charge < -0.3 is 14.8 Å². The lowest BCUT2D eigenvalue weighted by Crippen LogP contribution is -2.48. The molecule has 0 saturated carbocycles. The van der Waals surface area contributed by atoms with Crippen molar-refractivity contribution in [2.45, 2.75) is 26.8 Å². The number of benzene rings is 1. The number of rotatable bonds is 8. The topological polar surface area (TPSA) is 123 Å². The first-order chi connectivity index (χ1) is 12.3. The molecule has 0 aliphatic rings. The lowest BCUT2D eigenvalue weighted by molar-refractivity contribution is -0.153. The molecule has 1 aromatic carbocycles. The Morgan fingerprint density at radius 2 is 1.62 bits per heavy atom. The first kappa shape index (κ1) is 20.9. The number of nitrogens with one attached hydrogen (secondary N) is 3. The minimum Gasteiger partial charge on any atom is -0.484 e. The maximum absolute atomic E-state index is 12.1. The second kappa shape index (κ2) is 10.7. The van der Waals surface area contributed by atoms with E-state index in [2.05, 4.69) is 16.2 Å². The average Bonchev–Trinajstić information content (AvgIpc) is 2.61. The van der Waals surface area contributed by atoms with Crippen LogP contribution in [0.2, 0.25) is 0 Å². The van der Waals surface area contributed by atoms with Gasteiger partial charge in [0.1, 0.15) is 11.8 Å². The largest absolute Gasteiger partial charge is 0.484 e. The van der Waals surface area contributed by atoms with Gasteiger partial charge in [-0.15, -0.1) is 0 Å². The highest BCUT2D eigenvalue weighted by Gasteiger charge is 2.26. The van der Waals surface area contributed by atoms with Crippen molar-refractivity contribution in [1.29, 1.82) is 0 Å². The fourth-order valence-corrected chi connectivity index (χ4v) is 1.80. The summed E-state index contributed by atoms with van der Waals surface area (Å²) in [5.41, 5.74) is 4.13. The van der Waals surface area contributed by atoms with Crippen molar-refractivity contribution in [2.24, 2.45) is 5.92 Å². The van der Waals surface area contributed by atoms with Gasteiger partial charge in [0.05, 0.1) is 0 Å². The van der Waals surface area contributed by atoms with Gasteiger partial charge in [0.2, 0.25) is 5.91 Å².